The lowest BCUT2D eigenvalue weighted by atomic mass is 9.98. The van der Waals surface area contributed by atoms with Gasteiger partial charge in [0.2, 0.25) is 0 Å². The quantitative estimate of drug-likeness (QED) is 0.190. The second-order valence-corrected chi connectivity index (χ2v) is 6.78. The number of hydrogen-bond donors (Lipinski definition) is 8. The first-order chi connectivity index (χ1) is 12.5. The molecule has 2 aliphatic rings. The summed E-state index contributed by atoms with van der Waals surface area (Å²) in [6.45, 7) is 0.770. The fraction of sp³-hybridized carbons (Fsp3) is 0.933. The van der Waals surface area contributed by atoms with E-state index in [9.17, 15) is 45.6 Å². The van der Waals surface area contributed by atoms with E-state index in [1.807, 2.05) is 0 Å². The van der Waals surface area contributed by atoms with Crippen LogP contribution >= 0.6 is 0 Å². The van der Waals surface area contributed by atoms with Gasteiger partial charge >= 0.3 is 5.97 Å². The minimum Gasteiger partial charge on any atom is -0.457 e. The molecule has 158 valence electrons. The highest BCUT2D eigenvalue weighted by molar-refractivity contribution is 5.77. The van der Waals surface area contributed by atoms with Crippen molar-refractivity contribution in [1.29, 1.82) is 0 Å². The fourth-order valence-electron chi connectivity index (χ4n) is 2.91. The van der Waals surface area contributed by atoms with E-state index in [0.29, 0.717) is 0 Å². The van der Waals surface area contributed by atoms with Gasteiger partial charge in [-0.05, 0) is 6.92 Å². The highest BCUT2D eigenvalue weighted by Crippen LogP contribution is 2.26. The Morgan fingerprint density at radius 1 is 1.04 bits per heavy atom. The standard InChI is InChI=1S/C15H26O12/c1-4(16)8(17)11(20)9(18)5-2-6(14(23)26-5)25-3-7-10(19)12(21)13(22)15(24)27-7/h4-13,15-22,24H,2-3H2,1H3/t4-,5+,6+,7-,8+,9-,10-,11-,12+,13-,15?/m1/s1. The smallest absolute Gasteiger partial charge is 0.335 e. The van der Waals surface area contributed by atoms with Crippen LogP contribution in [0.1, 0.15) is 13.3 Å². The Labute approximate surface area is 154 Å². The van der Waals surface area contributed by atoms with Crippen LogP contribution in [-0.2, 0) is 19.0 Å². The maximum atomic E-state index is 11.9. The molecule has 0 saturated carbocycles. The third-order valence-electron chi connectivity index (χ3n) is 4.70. The molecule has 12 nitrogen and oxygen atoms in total. The van der Waals surface area contributed by atoms with Gasteiger partial charge in [-0.2, -0.15) is 0 Å². The van der Waals surface area contributed by atoms with Crippen molar-refractivity contribution in [2.75, 3.05) is 6.61 Å². The summed E-state index contributed by atoms with van der Waals surface area (Å²) in [5, 5.41) is 77.0. The van der Waals surface area contributed by atoms with Crippen LogP contribution in [0.25, 0.3) is 0 Å². The SMILES string of the molecule is C[C@@H](O)[C@H](O)[C@@H](O)[C@H](O)[C@@H]1C[C@H](OC[C@H]2OC(O)[C@H](O)[C@@H](O)[C@@H]2O)C(=O)O1. The average Bonchev–Trinajstić information content (AvgIpc) is 3.00. The molecule has 1 unspecified atom stereocenters. The highest BCUT2D eigenvalue weighted by atomic mass is 16.7. The van der Waals surface area contributed by atoms with E-state index in [1.54, 1.807) is 0 Å². The number of carbonyl (C=O) groups excluding carboxylic acids is 1. The van der Waals surface area contributed by atoms with Gasteiger partial charge in [-0.1, -0.05) is 0 Å². The third kappa shape index (κ3) is 4.92. The van der Waals surface area contributed by atoms with Crippen molar-refractivity contribution in [2.45, 2.75) is 80.7 Å². The molecule has 2 saturated heterocycles. The predicted octanol–water partition coefficient (Wildman–Crippen LogP) is -5.05. The Balaban J connectivity index is 1.89. The number of cyclic esters (lactones) is 1. The molecule has 11 atom stereocenters. The topological polar surface area (TPSA) is 207 Å². The van der Waals surface area contributed by atoms with Crippen molar-refractivity contribution in [3.05, 3.63) is 0 Å². The van der Waals surface area contributed by atoms with Crippen LogP contribution in [0.15, 0.2) is 0 Å². The van der Waals surface area contributed by atoms with Gasteiger partial charge in [0.1, 0.15) is 48.8 Å². The fourth-order valence-corrected chi connectivity index (χ4v) is 2.91. The first-order valence-electron chi connectivity index (χ1n) is 8.46. The molecule has 0 spiro atoms. The van der Waals surface area contributed by atoms with E-state index in [-0.39, 0.29) is 6.42 Å². The summed E-state index contributed by atoms with van der Waals surface area (Å²) >= 11 is 0. The molecule has 2 aliphatic heterocycles. The molecule has 0 bridgehead atoms. The third-order valence-corrected chi connectivity index (χ3v) is 4.70. The second kappa shape index (κ2) is 9.05. The zero-order chi connectivity index (χ0) is 20.5. The molecular weight excluding hydrogens is 372 g/mol. The summed E-state index contributed by atoms with van der Waals surface area (Å²) in [7, 11) is 0. The molecule has 2 heterocycles. The molecule has 0 aromatic carbocycles. The van der Waals surface area contributed by atoms with Crippen LogP contribution < -0.4 is 0 Å². The van der Waals surface area contributed by atoms with E-state index in [0.717, 1.165) is 0 Å². The molecule has 0 aromatic heterocycles. The van der Waals surface area contributed by atoms with Crippen LogP contribution in [0.5, 0.6) is 0 Å². The summed E-state index contributed by atoms with van der Waals surface area (Å²) in [4.78, 5) is 11.9. The summed E-state index contributed by atoms with van der Waals surface area (Å²) in [5.41, 5.74) is 0. The van der Waals surface area contributed by atoms with Crippen LogP contribution in [0.2, 0.25) is 0 Å². The minimum absolute atomic E-state index is 0.194. The number of hydrogen-bond acceptors (Lipinski definition) is 12. The Hall–Kier alpha value is -0.930. The molecule has 0 aromatic rings. The highest BCUT2D eigenvalue weighted by Gasteiger charge is 2.46. The normalized spacial score (nSPS) is 41.7. The molecule has 8 N–H and O–H groups in total. The van der Waals surface area contributed by atoms with Crippen molar-refractivity contribution in [1.82, 2.24) is 0 Å². The molecular formula is C15H26O12. The maximum absolute atomic E-state index is 11.9. The maximum Gasteiger partial charge on any atom is 0.335 e. The van der Waals surface area contributed by atoms with E-state index in [1.165, 1.54) is 6.92 Å². The van der Waals surface area contributed by atoms with Gasteiger partial charge in [-0.3, -0.25) is 0 Å². The van der Waals surface area contributed by atoms with Gasteiger partial charge in [-0.15, -0.1) is 0 Å². The number of carbonyl (C=O) groups is 1. The van der Waals surface area contributed by atoms with Gasteiger partial charge in [0.05, 0.1) is 12.7 Å². The predicted molar refractivity (Wildman–Crippen MR) is 82.8 cm³/mol. The second-order valence-electron chi connectivity index (χ2n) is 6.78. The van der Waals surface area contributed by atoms with Crippen LogP contribution in [0.4, 0.5) is 0 Å². The number of esters is 1. The van der Waals surface area contributed by atoms with Gasteiger partial charge in [0.25, 0.3) is 0 Å². The average molecular weight is 398 g/mol. The van der Waals surface area contributed by atoms with Crippen LogP contribution in [0.3, 0.4) is 0 Å². The Kier molecular flexibility index (Phi) is 7.49. The lowest BCUT2D eigenvalue weighted by Gasteiger charge is -2.38. The first kappa shape index (κ1) is 22.4. The summed E-state index contributed by atoms with van der Waals surface area (Å²) in [5.74, 6) is -0.871. The minimum atomic E-state index is -1.77. The largest absolute Gasteiger partial charge is 0.457 e. The monoisotopic (exact) mass is 398 g/mol. The van der Waals surface area contributed by atoms with Crippen LogP contribution in [-0.4, -0.2) is 121 Å². The summed E-state index contributed by atoms with van der Waals surface area (Å²) in [6.07, 6.45) is -17.0. The first-order valence-corrected chi connectivity index (χ1v) is 8.46. The Bertz CT molecular complexity index is 501. The van der Waals surface area contributed by atoms with Crippen molar-refractivity contribution in [3.63, 3.8) is 0 Å². The molecule has 0 amide bonds. The van der Waals surface area contributed by atoms with Gasteiger partial charge in [-0.25, -0.2) is 4.79 Å². The molecule has 0 radical (unpaired) electrons. The number of ether oxygens (including phenoxy) is 3. The summed E-state index contributed by atoms with van der Waals surface area (Å²) in [6, 6.07) is 0. The number of rotatable bonds is 7. The lowest BCUT2D eigenvalue weighted by molar-refractivity contribution is -0.289. The van der Waals surface area contributed by atoms with Crippen LogP contribution in [0, 0.1) is 0 Å². The molecule has 0 aliphatic carbocycles. The molecule has 27 heavy (non-hydrogen) atoms. The van der Waals surface area contributed by atoms with E-state index in [2.05, 4.69) is 0 Å². The van der Waals surface area contributed by atoms with Gasteiger partial charge in [0.15, 0.2) is 12.4 Å². The van der Waals surface area contributed by atoms with E-state index in [4.69, 9.17) is 14.2 Å². The summed E-state index contributed by atoms with van der Waals surface area (Å²) < 4.78 is 15.1. The number of aliphatic hydroxyl groups is 8. The van der Waals surface area contributed by atoms with Crippen molar-refractivity contribution < 1.29 is 59.9 Å². The van der Waals surface area contributed by atoms with E-state index >= 15 is 0 Å². The van der Waals surface area contributed by atoms with Gasteiger partial charge in [0, 0.05) is 6.42 Å². The lowest BCUT2D eigenvalue weighted by Crippen LogP contribution is -2.58. The van der Waals surface area contributed by atoms with Crippen molar-refractivity contribution in [3.8, 4) is 0 Å². The zero-order valence-corrected chi connectivity index (χ0v) is 14.5. The van der Waals surface area contributed by atoms with Crippen molar-refractivity contribution >= 4 is 5.97 Å². The Morgan fingerprint density at radius 3 is 2.26 bits per heavy atom. The molecule has 2 fully saturated rings. The van der Waals surface area contributed by atoms with Crippen molar-refractivity contribution in [2.24, 2.45) is 0 Å². The molecule has 12 heteroatoms. The molecule has 2 rings (SSSR count). The Morgan fingerprint density at radius 2 is 1.67 bits per heavy atom. The number of aliphatic hydroxyl groups excluding tert-OH is 8. The van der Waals surface area contributed by atoms with E-state index < -0.39 is 79.9 Å². The van der Waals surface area contributed by atoms with Gasteiger partial charge < -0.3 is 55.1 Å². The zero-order valence-electron chi connectivity index (χ0n) is 14.5.